The van der Waals surface area contributed by atoms with Crippen molar-refractivity contribution in [3.63, 3.8) is 0 Å². The minimum atomic E-state index is -2.80. The molecule has 1 aromatic rings. The minimum Gasteiger partial charge on any atom is -0.356 e. The number of nitrogens with one attached hydrogen (secondary N) is 1. The van der Waals surface area contributed by atoms with Gasteiger partial charge in [0.1, 0.15) is 0 Å². The molecule has 2 heterocycles. The van der Waals surface area contributed by atoms with Gasteiger partial charge in [0, 0.05) is 25.7 Å². The summed E-state index contributed by atoms with van der Waals surface area (Å²) in [6, 6.07) is 0.962. The second kappa shape index (κ2) is 6.64. The van der Waals surface area contributed by atoms with E-state index in [4.69, 9.17) is 0 Å². The number of nitrogens with zero attached hydrogens (tertiary/aromatic N) is 2. The average molecular weight is 327 g/mol. The predicted molar refractivity (Wildman–Crippen MR) is 75.8 cm³/mol. The average Bonchev–Trinajstić information content (AvgIpc) is 3.25. The van der Waals surface area contributed by atoms with Gasteiger partial charge in [-0.25, -0.2) is 8.78 Å². The number of carbonyl (C=O) groups excluding carboxylic acids is 2. The van der Waals surface area contributed by atoms with Gasteiger partial charge in [-0.1, -0.05) is 5.16 Å². The number of hydrogen-bond acceptors (Lipinski definition) is 4. The standard InChI is InChI=1S/C15H19F2N3O3/c16-13(17)12-6-11(19-23-12)15(22)20-5-1-2-10(8-20)14(21)18-7-9-3-4-9/h6,9-10,13H,1-5,7-8H2,(H,18,21). The fourth-order valence-electron chi connectivity index (χ4n) is 2.74. The lowest BCUT2D eigenvalue weighted by Gasteiger charge is -2.31. The Kier molecular flexibility index (Phi) is 4.58. The molecule has 1 atom stereocenters. The van der Waals surface area contributed by atoms with Crippen LogP contribution in [0.4, 0.5) is 8.78 Å². The second-order valence-corrected chi connectivity index (χ2v) is 6.19. The van der Waals surface area contributed by atoms with Crippen LogP contribution in [0.3, 0.4) is 0 Å². The van der Waals surface area contributed by atoms with Crippen molar-refractivity contribution in [2.45, 2.75) is 32.1 Å². The van der Waals surface area contributed by atoms with Gasteiger partial charge in [0.05, 0.1) is 5.92 Å². The van der Waals surface area contributed by atoms with Crippen molar-refractivity contribution in [1.29, 1.82) is 0 Å². The SMILES string of the molecule is O=C(NCC1CC1)C1CCCN(C(=O)c2cc(C(F)F)on2)C1. The van der Waals surface area contributed by atoms with Crippen molar-refractivity contribution in [2.75, 3.05) is 19.6 Å². The van der Waals surface area contributed by atoms with Crippen molar-refractivity contribution in [3.05, 3.63) is 17.5 Å². The van der Waals surface area contributed by atoms with Crippen LogP contribution in [0, 0.1) is 11.8 Å². The maximum absolute atomic E-state index is 12.5. The zero-order chi connectivity index (χ0) is 16.4. The number of amides is 2. The number of halogens is 2. The molecule has 0 aromatic carbocycles. The Bertz CT molecular complexity index is 586. The predicted octanol–water partition coefficient (Wildman–Crippen LogP) is 1.99. The van der Waals surface area contributed by atoms with E-state index in [9.17, 15) is 18.4 Å². The number of rotatable bonds is 5. The molecule has 0 spiro atoms. The van der Waals surface area contributed by atoms with E-state index in [1.807, 2.05) is 0 Å². The van der Waals surface area contributed by atoms with Gasteiger partial charge in [-0.3, -0.25) is 9.59 Å². The van der Waals surface area contributed by atoms with Gasteiger partial charge >= 0.3 is 0 Å². The molecule has 1 aromatic heterocycles. The summed E-state index contributed by atoms with van der Waals surface area (Å²) in [7, 11) is 0. The smallest absolute Gasteiger partial charge is 0.298 e. The van der Waals surface area contributed by atoms with Gasteiger partial charge in [0.25, 0.3) is 12.3 Å². The fourth-order valence-corrected chi connectivity index (χ4v) is 2.74. The molecule has 23 heavy (non-hydrogen) atoms. The first-order chi connectivity index (χ1) is 11.0. The normalized spacial score (nSPS) is 21.5. The van der Waals surface area contributed by atoms with Gasteiger partial charge in [-0.15, -0.1) is 0 Å². The lowest BCUT2D eigenvalue weighted by molar-refractivity contribution is -0.126. The van der Waals surface area contributed by atoms with Crippen LogP contribution in [-0.4, -0.2) is 41.5 Å². The van der Waals surface area contributed by atoms with E-state index in [0.717, 1.165) is 25.3 Å². The first-order valence-electron chi connectivity index (χ1n) is 7.86. The number of piperidine rings is 1. The molecule has 0 bridgehead atoms. The van der Waals surface area contributed by atoms with Gasteiger partial charge in [0.15, 0.2) is 5.69 Å². The van der Waals surface area contributed by atoms with E-state index in [0.29, 0.717) is 25.4 Å². The second-order valence-electron chi connectivity index (χ2n) is 6.19. The van der Waals surface area contributed by atoms with Crippen molar-refractivity contribution >= 4 is 11.8 Å². The summed E-state index contributed by atoms with van der Waals surface area (Å²) >= 11 is 0. The van der Waals surface area contributed by atoms with Crippen LogP contribution in [0.15, 0.2) is 10.6 Å². The van der Waals surface area contributed by atoms with Crippen molar-refractivity contribution < 1.29 is 22.9 Å². The molecule has 0 radical (unpaired) electrons. The largest absolute Gasteiger partial charge is 0.356 e. The van der Waals surface area contributed by atoms with E-state index >= 15 is 0 Å². The fraction of sp³-hybridized carbons (Fsp3) is 0.667. The van der Waals surface area contributed by atoms with Gasteiger partial charge in [-0.2, -0.15) is 0 Å². The molecule has 1 aliphatic heterocycles. The summed E-state index contributed by atoms with van der Waals surface area (Å²) in [5, 5.41) is 6.33. The van der Waals surface area contributed by atoms with E-state index in [-0.39, 0.29) is 24.1 Å². The lowest BCUT2D eigenvalue weighted by Crippen LogP contribution is -2.45. The summed E-state index contributed by atoms with van der Waals surface area (Å²) in [5.41, 5.74) is -0.140. The Morgan fingerprint density at radius 3 is 2.83 bits per heavy atom. The summed E-state index contributed by atoms with van der Waals surface area (Å²) < 4.78 is 29.5. The molecule has 2 aliphatic rings. The highest BCUT2D eigenvalue weighted by Crippen LogP contribution is 2.28. The quantitative estimate of drug-likeness (QED) is 0.897. The lowest BCUT2D eigenvalue weighted by atomic mass is 9.96. The highest BCUT2D eigenvalue weighted by Gasteiger charge is 2.31. The van der Waals surface area contributed by atoms with Crippen LogP contribution in [0.25, 0.3) is 0 Å². The Hall–Kier alpha value is -1.99. The van der Waals surface area contributed by atoms with Crippen molar-refractivity contribution in [3.8, 4) is 0 Å². The Balaban J connectivity index is 1.57. The van der Waals surface area contributed by atoms with Crippen LogP contribution in [0.1, 0.15) is 48.4 Å². The monoisotopic (exact) mass is 327 g/mol. The molecule has 8 heteroatoms. The van der Waals surface area contributed by atoms with Crippen LogP contribution in [-0.2, 0) is 4.79 Å². The summed E-state index contributed by atoms with van der Waals surface area (Å²) in [5.74, 6) is -0.789. The molecule has 1 saturated heterocycles. The molecular formula is C15H19F2N3O3. The maximum atomic E-state index is 12.5. The molecule has 126 valence electrons. The molecule has 6 nitrogen and oxygen atoms in total. The Morgan fingerprint density at radius 1 is 1.39 bits per heavy atom. The number of carbonyl (C=O) groups is 2. The van der Waals surface area contributed by atoms with Crippen molar-refractivity contribution in [1.82, 2.24) is 15.4 Å². The van der Waals surface area contributed by atoms with Crippen LogP contribution >= 0.6 is 0 Å². The van der Waals surface area contributed by atoms with Crippen LogP contribution in [0.2, 0.25) is 0 Å². The number of hydrogen-bond donors (Lipinski definition) is 1. The summed E-state index contributed by atoms with van der Waals surface area (Å²) in [6.07, 6.45) is 0.947. The number of likely N-dealkylation sites (tertiary alicyclic amines) is 1. The first kappa shape index (κ1) is 15.9. The van der Waals surface area contributed by atoms with Gasteiger partial charge in [0.2, 0.25) is 11.7 Å². The third kappa shape index (κ3) is 3.86. The topological polar surface area (TPSA) is 75.4 Å². The summed E-state index contributed by atoms with van der Waals surface area (Å²) in [4.78, 5) is 25.9. The molecule has 1 aliphatic carbocycles. The molecule has 2 fully saturated rings. The van der Waals surface area contributed by atoms with Gasteiger partial charge in [-0.05, 0) is 31.6 Å². The molecule has 3 rings (SSSR count). The number of alkyl halides is 2. The van der Waals surface area contributed by atoms with E-state index in [1.165, 1.54) is 4.90 Å². The van der Waals surface area contributed by atoms with E-state index in [2.05, 4.69) is 15.0 Å². The number of aromatic nitrogens is 1. The molecule has 1 unspecified atom stereocenters. The third-order valence-corrected chi connectivity index (χ3v) is 4.30. The third-order valence-electron chi connectivity index (χ3n) is 4.30. The Labute approximate surface area is 132 Å². The summed E-state index contributed by atoms with van der Waals surface area (Å²) in [6.45, 7) is 1.47. The highest BCUT2D eigenvalue weighted by molar-refractivity contribution is 5.92. The molecule has 1 N–H and O–H groups in total. The first-order valence-corrected chi connectivity index (χ1v) is 7.86. The van der Waals surface area contributed by atoms with Crippen LogP contribution in [0.5, 0.6) is 0 Å². The minimum absolute atomic E-state index is 0.0391. The van der Waals surface area contributed by atoms with Gasteiger partial charge < -0.3 is 14.7 Å². The van der Waals surface area contributed by atoms with Crippen molar-refractivity contribution in [2.24, 2.45) is 11.8 Å². The molecular weight excluding hydrogens is 308 g/mol. The molecule has 1 saturated carbocycles. The Morgan fingerprint density at radius 2 is 2.17 bits per heavy atom. The highest BCUT2D eigenvalue weighted by atomic mass is 19.3. The van der Waals surface area contributed by atoms with Crippen LogP contribution < -0.4 is 5.32 Å². The van der Waals surface area contributed by atoms with E-state index in [1.54, 1.807) is 0 Å². The zero-order valence-corrected chi connectivity index (χ0v) is 12.6. The zero-order valence-electron chi connectivity index (χ0n) is 12.6. The maximum Gasteiger partial charge on any atom is 0.298 e. The van der Waals surface area contributed by atoms with E-state index < -0.39 is 18.1 Å². The molecule has 2 amide bonds.